The van der Waals surface area contributed by atoms with Crippen molar-refractivity contribution < 1.29 is 14.7 Å². The zero-order valence-electron chi connectivity index (χ0n) is 6.86. The Morgan fingerprint density at radius 1 is 1.46 bits per heavy atom. The summed E-state index contributed by atoms with van der Waals surface area (Å²) in [6, 6.07) is 7.48. The van der Waals surface area contributed by atoms with Crippen LogP contribution in [-0.2, 0) is 9.57 Å². The van der Waals surface area contributed by atoms with Crippen LogP contribution in [0.5, 0.6) is 5.75 Å². The number of hydrogen-bond acceptors (Lipinski definition) is 4. The minimum atomic E-state index is 0.0642. The van der Waals surface area contributed by atoms with E-state index in [4.69, 9.17) is 14.7 Å². The van der Waals surface area contributed by atoms with Crippen molar-refractivity contribution in [2.45, 2.75) is 0 Å². The van der Waals surface area contributed by atoms with Crippen molar-refractivity contribution in [2.24, 2.45) is 5.16 Å². The van der Waals surface area contributed by atoms with Gasteiger partial charge in [-0.25, -0.2) is 0 Å². The molecule has 0 aromatic heterocycles. The second-order valence-corrected chi connectivity index (χ2v) is 2.54. The number of hydrogen-bond donors (Lipinski definition) is 1. The minimum absolute atomic E-state index is 0.0642. The molecule has 1 heterocycles. The Labute approximate surface area is 75.4 Å². The van der Waals surface area contributed by atoms with E-state index in [1.807, 2.05) is 0 Å². The molecule has 0 unspecified atom stereocenters. The van der Waals surface area contributed by atoms with Gasteiger partial charge in [0.25, 0.3) is 5.90 Å². The first-order chi connectivity index (χ1) is 6.36. The van der Waals surface area contributed by atoms with Crippen LogP contribution in [0.2, 0.25) is 0 Å². The summed E-state index contributed by atoms with van der Waals surface area (Å²) in [6.45, 7) is 0.951. The molecule has 67 valence electrons. The molecule has 1 aliphatic rings. The van der Waals surface area contributed by atoms with Gasteiger partial charge in [-0.3, -0.25) is 0 Å². The summed E-state index contributed by atoms with van der Waals surface area (Å²) in [5, 5.41) is 12.8. The summed E-state index contributed by atoms with van der Waals surface area (Å²) < 4.78 is 5.22. The van der Waals surface area contributed by atoms with E-state index in [2.05, 4.69) is 11.2 Å². The summed E-state index contributed by atoms with van der Waals surface area (Å²) >= 11 is 0. The molecule has 0 fully saturated rings. The van der Waals surface area contributed by atoms with Crippen molar-refractivity contribution >= 4 is 5.90 Å². The first-order valence-corrected chi connectivity index (χ1v) is 3.90. The van der Waals surface area contributed by atoms with Crippen LogP contribution < -0.4 is 0 Å². The molecule has 2 rings (SSSR count). The Kier molecular flexibility index (Phi) is 2.04. The van der Waals surface area contributed by atoms with Crippen LogP contribution in [0.15, 0.2) is 23.4 Å². The Bertz CT molecular complexity index is 335. The van der Waals surface area contributed by atoms with Crippen LogP contribution in [0.4, 0.5) is 0 Å². The maximum Gasteiger partial charge on any atom is 0.257 e. The van der Waals surface area contributed by atoms with Gasteiger partial charge in [0.15, 0.2) is 6.61 Å². The van der Waals surface area contributed by atoms with Crippen LogP contribution in [0.25, 0.3) is 0 Å². The Balaban J connectivity index is 2.29. The predicted molar refractivity (Wildman–Crippen MR) is 45.4 cm³/mol. The third-order valence-electron chi connectivity index (χ3n) is 1.59. The van der Waals surface area contributed by atoms with Gasteiger partial charge in [0, 0.05) is 11.6 Å². The highest BCUT2D eigenvalue weighted by atomic mass is 16.7. The maximum atomic E-state index is 9.14. The lowest BCUT2D eigenvalue weighted by Gasteiger charge is -2.13. The standard InChI is InChI=1S/C9H8NO3/c11-8-3-1-2-7(6-8)9-10-13-5-4-12-9/h1-2,6,11H,4-5H2. The minimum Gasteiger partial charge on any atom is -0.507 e. The second-order valence-electron chi connectivity index (χ2n) is 2.54. The van der Waals surface area contributed by atoms with Crippen molar-refractivity contribution in [1.29, 1.82) is 0 Å². The SMILES string of the molecule is Oc1[c]ccc(C2=NOCCO2)c1. The van der Waals surface area contributed by atoms with Gasteiger partial charge < -0.3 is 14.7 Å². The van der Waals surface area contributed by atoms with Crippen LogP contribution >= 0.6 is 0 Å². The van der Waals surface area contributed by atoms with Crippen molar-refractivity contribution in [3.8, 4) is 5.75 Å². The Hall–Kier alpha value is -1.71. The molecule has 0 bridgehead atoms. The van der Waals surface area contributed by atoms with Crippen LogP contribution in [0.3, 0.4) is 0 Å². The molecule has 0 saturated heterocycles. The fourth-order valence-corrected chi connectivity index (χ4v) is 1.03. The third-order valence-corrected chi connectivity index (χ3v) is 1.59. The lowest BCUT2D eigenvalue weighted by molar-refractivity contribution is 0.0655. The molecular weight excluding hydrogens is 170 g/mol. The van der Waals surface area contributed by atoms with E-state index in [0.29, 0.717) is 24.7 Å². The number of benzene rings is 1. The number of oxime groups is 1. The summed E-state index contributed by atoms with van der Waals surface area (Å²) in [4.78, 5) is 4.85. The van der Waals surface area contributed by atoms with E-state index < -0.39 is 0 Å². The monoisotopic (exact) mass is 178 g/mol. The summed E-state index contributed by atoms with van der Waals surface area (Å²) in [5.41, 5.74) is 0.691. The van der Waals surface area contributed by atoms with Gasteiger partial charge in [-0.15, -0.1) is 0 Å². The lowest BCUT2D eigenvalue weighted by atomic mass is 10.2. The van der Waals surface area contributed by atoms with Gasteiger partial charge in [-0.05, 0) is 23.4 Å². The molecule has 4 nitrogen and oxygen atoms in total. The summed E-state index contributed by atoms with van der Waals surface area (Å²) in [6.07, 6.45) is 0. The Morgan fingerprint density at radius 2 is 2.38 bits per heavy atom. The molecule has 13 heavy (non-hydrogen) atoms. The van der Waals surface area contributed by atoms with Crippen molar-refractivity contribution in [3.63, 3.8) is 0 Å². The number of phenols is 1. The van der Waals surface area contributed by atoms with E-state index in [1.54, 1.807) is 12.1 Å². The Morgan fingerprint density at radius 3 is 3.08 bits per heavy atom. The van der Waals surface area contributed by atoms with Gasteiger partial charge in [-0.2, -0.15) is 0 Å². The van der Waals surface area contributed by atoms with Gasteiger partial charge in [0.05, 0.1) is 0 Å². The molecule has 0 atom stereocenters. The molecule has 0 aliphatic carbocycles. The molecule has 1 aliphatic heterocycles. The fourth-order valence-electron chi connectivity index (χ4n) is 1.03. The average molecular weight is 178 g/mol. The zero-order valence-corrected chi connectivity index (χ0v) is 6.86. The lowest BCUT2D eigenvalue weighted by Crippen LogP contribution is -2.16. The highest BCUT2D eigenvalue weighted by Gasteiger charge is 2.10. The average Bonchev–Trinajstić information content (AvgIpc) is 2.19. The molecule has 1 aromatic rings. The number of ether oxygens (including phenoxy) is 1. The van der Waals surface area contributed by atoms with Crippen molar-refractivity contribution in [2.75, 3.05) is 13.2 Å². The van der Waals surface area contributed by atoms with Crippen LogP contribution in [0, 0.1) is 6.07 Å². The van der Waals surface area contributed by atoms with Gasteiger partial charge in [-0.1, -0.05) is 0 Å². The molecule has 1 aromatic carbocycles. The number of rotatable bonds is 1. The maximum absolute atomic E-state index is 9.14. The predicted octanol–water partition coefficient (Wildman–Crippen LogP) is 0.901. The molecule has 0 saturated carbocycles. The van der Waals surface area contributed by atoms with Gasteiger partial charge in [0.2, 0.25) is 0 Å². The first-order valence-electron chi connectivity index (χ1n) is 3.90. The largest absolute Gasteiger partial charge is 0.507 e. The van der Waals surface area contributed by atoms with E-state index >= 15 is 0 Å². The van der Waals surface area contributed by atoms with Gasteiger partial charge >= 0.3 is 0 Å². The summed E-state index contributed by atoms with van der Waals surface area (Å²) in [5.74, 6) is 0.463. The quantitative estimate of drug-likeness (QED) is 0.695. The summed E-state index contributed by atoms with van der Waals surface area (Å²) in [7, 11) is 0. The number of nitrogens with zero attached hydrogens (tertiary/aromatic N) is 1. The zero-order chi connectivity index (χ0) is 9.10. The topological polar surface area (TPSA) is 51.1 Å². The molecule has 0 spiro atoms. The molecule has 1 N–H and O–H groups in total. The van der Waals surface area contributed by atoms with Crippen LogP contribution in [0.1, 0.15) is 5.56 Å². The highest BCUT2D eigenvalue weighted by Crippen LogP contribution is 2.13. The van der Waals surface area contributed by atoms with Crippen molar-refractivity contribution in [3.05, 3.63) is 29.8 Å². The highest BCUT2D eigenvalue weighted by molar-refractivity contribution is 5.94. The van der Waals surface area contributed by atoms with E-state index in [1.165, 1.54) is 6.07 Å². The second kappa shape index (κ2) is 3.35. The molecule has 4 heteroatoms. The normalized spacial score (nSPS) is 15.5. The van der Waals surface area contributed by atoms with E-state index in [-0.39, 0.29) is 5.75 Å². The third kappa shape index (κ3) is 1.72. The number of phenolic OH excluding ortho intramolecular Hbond substituents is 1. The molecule has 0 amide bonds. The smallest absolute Gasteiger partial charge is 0.257 e. The van der Waals surface area contributed by atoms with E-state index in [9.17, 15) is 0 Å². The van der Waals surface area contributed by atoms with Crippen molar-refractivity contribution in [1.82, 2.24) is 0 Å². The molecular formula is C9H8NO3. The fraction of sp³-hybridized carbons (Fsp3) is 0.222. The van der Waals surface area contributed by atoms with Gasteiger partial charge in [0.1, 0.15) is 12.4 Å². The molecule has 1 radical (unpaired) electrons. The van der Waals surface area contributed by atoms with E-state index in [0.717, 1.165) is 0 Å². The number of aromatic hydroxyl groups is 1. The van der Waals surface area contributed by atoms with Crippen LogP contribution in [-0.4, -0.2) is 24.2 Å². The first kappa shape index (κ1) is 7.91.